The van der Waals surface area contributed by atoms with Crippen LogP contribution in [0.5, 0.6) is 0 Å². The van der Waals surface area contributed by atoms with Crippen molar-refractivity contribution in [3.63, 3.8) is 0 Å². The molecule has 0 aromatic carbocycles. The Labute approximate surface area is 103 Å². The maximum atomic E-state index is 11.5. The van der Waals surface area contributed by atoms with Crippen molar-refractivity contribution in [2.45, 2.75) is 32.9 Å². The van der Waals surface area contributed by atoms with Gasteiger partial charge in [0, 0.05) is 39.3 Å². The van der Waals surface area contributed by atoms with E-state index in [1.54, 1.807) is 31.5 Å². The van der Waals surface area contributed by atoms with Crippen LogP contribution in [0.2, 0.25) is 0 Å². The normalized spacial score (nSPS) is 12.8. The van der Waals surface area contributed by atoms with E-state index in [0.717, 1.165) is 5.69 Å². The van der Waals surface area contributed by atoms with Gasteiger partial charge in [0.05, 0.1) is 12.0 Å². The van der Waals surface area contributed by atoms with Gasteiger partial charge in [-0.2, -0.15) is 0 Å². The van der Waals surface area contributed by atoms with Crippen molar-refractivity contribution >= 4 is 5.91 Å². The number of carbonyl (C=O) groups excluding carboxylic acids is 1. The first kappa shape index (κ1) is 13.7. The Morgan fingerprint density at radius 2 is 2.18 bits per heavy atom. The number of nitrogens with two attached hydrogens (primary N) is 1. The molecule has 2 N–H and O–H groups in total. The summed E-state index contributed by atoms with van der Waals surface area (Å²) in [6, 6.07) is -0.0352. The summed E-state index contributed by atoms with van der Waals surface area (Å²) in [6.45, 7) is 4.78. The van der Waals surface area contributed by atoms with Crippen LogP contribution in [0.25, 0.3) is 0 Å². The molecule has 1 rings (SSSR count). The second-order valence-electron chi connectivity index (χ2n) is 4.82. The molecule has 1 amide bonds. The first-order chi connectivity index (χ1) is 7.93. The van der Waals surface area contributed by atoms with Crippen LogP contribution in [-0.4, -0.2) is 34.5 Å². The Kier molecular flexibility index (Phi) is 4.69. The Hall–Kier alpha value is -1.36. The first-order valence-corrected chi connectivity index (χ1v) is 5.89. The van der Waals surface area contributed by atoms with E-state index in [-0.39, 0.29) is 11.9 Å². The van der Waals surface area contributed by atoms with Crippen LogP contribution in [0, 0.1) is 5.92 Å². The van der Waals surface area contributed by atoms with Gasteiger partial charge < -0.3 is 15.2 Å². The van der Waals surface area contributed by atoms with Crippen LogP contribution in [0.15, 0.2) is 12.5 Å². The molecule has 0 aliphatic rings. The molecule has 5 heteroatoms. The highest BCUT2D eigenvalue weighted by Crippen LogP contribution is 2.18. The number of aryl methyl sites for hydroxylation is 1. The molecule has 0 aliphatic carbocycles. The van der Waals surface area contributed by atoms with E-state index in [1.807, 2.05) is 4.57 Å². The molecule has 5 nitrogen and oxygen atoms in total. The Balaban J connectivity index is 2.67. The van der Waals surface area contributed by atoms with Crippen molar-refractivity contribution in [1.82, 2.24) is 14.5 Å². The Morgan fingerprint density at radius 1 is 1.53 bits per heavy atom. The number of hydrogen-bond acceptors (Lipinski definition) is 3. The lowest BCUT2D eigenvalue weighted by atomic mass is 10.0. The van der Waals surface area contributed by atoms with Crippen molar-refractivity contribution in [2.24, 2.45) is 11.7 Å². The maximum Gasteiger partial charge on any atom is 0.223 e. The van der Waals surface area contributed by atoms with Crippen LogP contribution < -0.4 is 5.73 Å². The van der Waals surface area contributed by atoms with Crippen molar-refractivity contribution in [1.29, 1.82) is 0 Å². The van der Waals surface area contributed by atoms with E-state index in [4.69, 9.17) is 5.73 Å². The first-order valence-electron chi connectivity index (χ1n) is 5.89. The molecule has 0 radical (unpaired) electrons. The van der Waals surface area contributed by atoms with Gasteiger partial charge in [-0.1, -0.05) is 13.8 Å². The van der Waals surface area contributed by atoms with Gasteiger partial charge in [0.25, 0.3) is 0 Å². The van der Waals surface area contributed by atoms with Crippen molar-refractivity contribution in [2.75, 3.05) is 14.1 Å². The molecular formula is C12H22N4O. The lowest BCUT2D eigenvalue weighted by Crippen LogP contribution is -2.24. The van der Waals surface area contributed by atoms with E-state index in [1.165, 1.54) is 0 Å². The lowest BCUT2D eigenvalue weighted by molar-refractivity contribution is -0.128. The molecule has 1 aromatic rings. The lowest BCUT2D eigenvalue weighted by Gasteiger charge is -2.18. The number of amides is 1. The van der Waals surface area contributed by atoms with Gasteiger partial charge in [0.2, 0.25) is 5.91 Å². The van der Waals surface area contributed by atoms with E-state index in [0.29, 0.717) is 18.9 Å². The molecule has 0 spiro atoms. The predicted octanol–water partition coefficient (Wildman–Crippen LogP) is 1.02. The third kappa shape index (κ3) is 3.56. The summed E-state index contributed by atoms with van der Waals surface area (Å²) >= 11 is 0. The monoisotopic (exact) mass is 238 g/mol. The van der Waals surface area contributed by atoms with E-state index in [9.17, 15) is 4.79 Å². The Morgan fingerprint density at radius 3 is 2.71 bits per heavy atom. The van der Waals surface area contributed by atoms with Gasteiger partial charge >= 0.3 is 0 Å². The predicted molar refractivity (Wildman–Crippen MR) is 67.3 cm³/mol. The van der Waals surface area contributed by atoms with Crippen LogP contribution in [0.3, 0.4) is 0 Å². The highest BCUT2D eigenvalue weighted by Gasteiger charge is 2.15. The number of nitrogens with zero attached hydrogens (tertiary/aromatic N) is 3. The van der Waals surface area contributed by atoms with Gasteiger partial charge in [-0.3, -0.25) is 4.79 Å². The average molecular weight is 238 g/mol. The average Bonchev–Trinajstić information content (AvgIpc) is 2.72. The second-order valence-corrected chi connectivity index (χ2v) is 4.82. The molecule has 1 atom stereocenters. The van der Waals surface area contributed by atoms with E-state index >= 15 is 0 Å². The molecule has 1 unspecified atom stereocenters. The van der Waals surface area contributed by atoms with Crippen LogP contribution in [-0.2, 0) is 11.3 Å². The fourth-order valence-electron chi connectivity index (χ4n) is 1.58. The highest BCUT2D eigenvalue weighted by molar-refractivity contribution is 5.75. The highest BCUT2D eigenvalue weighted by atomic mass is 16.2. The summed E-state index contributed by atoms with van der Waals surface area (Å²) in [4.78, 5) is 17.2. The molecule has 1 aromatic heterocycles. The quantitative estimate of drug-likeness (QED) is 0.833. The maximum absolute atomic E-state index is 11.5. The molecule has 0 aliphatic heterocycles. The fourth-order valence-corrected chi connectivity index (χ4v) is 1.58. The minimum absolute atomic E-state index is 0.0352. The molecule has 0 saturated carbocycles. The standard InChI is InChI=1S/C12H22N4O/c1-9(2)12(13)10-7-14-8-16(10)6-5-11(17)15(3)4/h7-9,12H,5-6,13H2,1-4H3. The molecule has 96 valence electrons. The second kappa shape index (κ2) is 5.82. The third-order valence-electron chi connectivity index (χ3n) is 2.87. The molecule has 17 heavy (non-hydrogen) atoms. The minimum atomic E-state index is -0.0352. The summed E-state index contributed by atoms with van der Waals surface area (Å²) < 4.78 is 1.96. The van der Waals surface area contributed by atoms with E-state index in [2.05, 4.69) is 18.8 Å². The smallest absolute Gasteiger partial charge is 0.223 e. The zero-order valence-corrected chi connectivity index (χ0v) is 11.1. The molecule has 1 heterocycles. The van der Waals surface area contributed by atoms with Gasteiger partial charge in [0.1, 0.15) is 0 Å². The summed E-state index contributed by atoms with van der Waals surface area (Å²) in [7, 11) is 3.52. The molecule has 0 saturated heterocycles. The number of carbonyl (C=O) groups is 1. The molecule has 0 fully saturated rings. The fraction of sp³-hybridized carbons (Fsp3) is 0.667. The number of hydrogen-bond donors (Lipinski definition) is 1. The van der Waals surface area contributed by atoms with Gasteiger partial charge in [-0.15, -0.1) is 0 Å². The SMILES string of the molecule is CC(C)C(N)c1cncn1CCC(=O)N(C)C. The number of imidazole rings is 1. The van der Waals surface area contributed by atoms with Crippen molar-refractivity contribution < 1.29 is 4.79 Å². The Bertz CT molecular complexity index is 370. The largest absolute Gasteiger partial charge is 0.349 e. The molecular weight excluding hydrogens is 216 g/mol. The summed E-state index contributed by atoms with van der Waals surface area (Å²) in [5.74, 6) is 0.470. The van der Waals surface area contributed by atoms with Crippen LogP contribution >= 0.6 is 0 Å². The van der Waals surface area contributed by atoms with Crippen LogP contribution in [0.4, 0.5) is 0 Å². The topological polar surface area (TPSA) is 64.1 Å². The molecule has 0 bridgehead atoms. The van der Waals surface area contributed by atoms with Gasteiger partial charge in [-0.25, -0.2) is 4.98 Å². The minimum Gasteiger partial charge on any atom is -0.349 e. The van der Waals surface area contributed by atoms with Gasteiger partial charge in [-0.05, 0) is 5.92 Å². The van der Waals surface area contributed by atoms with Crippen molar-refractivity contribution in [3.8, 4) is 0 Å². The zero-order valence-electron chi connectivity index (χ0n) is 11.1. The summed E-state index contributed by atoms with van der Waals surface area (Å²) in [5.41, 5.74) is 7.09. The van der Waals surface area contributed by atoms with Gasteiger partial charge in [0.15, 0.2) is 0 Å². The summed E-state index contributed by atoms with van der Waals surface area (Å²) in [5, 5.41) is 0. The number of aromatic nitrogens is 2. The van der Waals surface area contributed by atoms with Crippen LogP contribution in [0.1, 0.15) is 32.0 Å². The summed E-state index contributed by atoms with van der Waals surface area (Å²) in [6.07, 6.45) is 3.99. The van der Waals surface area contributed by atoms with E-state index < -0.39 is 0 Å². The number of rotatable bonds is 5. The third-order valence-corrected chi connectivity index (χ3v) is 2.87. The van der Waals surface area contributed by atoms with Crippen molar-refractivity contribution in [3.05, 3.63) is 18.2 Å². The zero-order chi connectivity index (χ0) is 13.0.